The van der Waals surface area contributed by atoms with Crippen molar-refractivity contribution in [1.82, 2.24) is 4.98 Å². The molecule has 0 saturated heterocycles. The maximum absolute atomic E-state index is 14.3. The van der Waals surface area contributed by atoms with Crippen molar-refractivity contribution in [3.8, 4) is 11.3 Å². The van der Waals surface area contributed by atoms with Gasteiger partial charge in [-0.15, -0.1) is 0 Å². The average Bonchev–Trinajstić information content (AvgIpc) is 2.57. The number of H-pyrrole nitrogens is 1. The van der Waals surface area contributed by atoms with Crippen molar-refractivity contribution in [1.29, 1.82) is 0 Å². The van der Waals surface area contributed by atoms with Crippen LogP contribution in [0.2, 0.25) is 5.02 Å². The zero-order valence-corrected chi connectivity index (χ0v) is 13.5. The van der Waals surface area contributed by atoms with Crippen molar-refractivity contribution in [3.63, 3.8) is 0 Å². The number of aromatic amines is 1. The fourth-order valence-corrected chi connectivity index (χ4v) is 2.70. The van der Waals surface area contributed by atoms with Crippen LogP contribution in [0.15, 0.2) is 47.3 Å². The van der Waals surface area contributed by atoms with Crippen LogP contribution in [0.25, 0.3) is 22.2 Å². The van der Waals surface area contributed by atoms with Crippen LogP contribution in [0, 0.1) is 5.82 Å². The van der Waals surface area contributed by atoms with Gasteiger partial charge in [0.05, 0.1) is 12.3 Å². The maximum Gasteiger partial charge on any atom is 0.344 e. The van der Waals surface area contributed by atoms with Gasteiger partial charge in [-0.3, -0.25) is 4.79 Å². The number of fused-ring (bicyclic) bond motifs is 1. The van der Waals surface area contributed by atoms with E-state index in [4.69, 9.17) is 16.3 Å². The highest BCUT2D eigenvalue weighted by Gasteiger charge is 2.23. The lowest BCUT2D eigenvalue weighted by molar-refractivity contribution is 0.0525. The van der Waals surface area contributed by atoms with Crippen LogP contribution >= 0.6 is 11.6 Å². The number of carbonyl (C=O) groups is 1. The number of hydrogen-bond donors (Lipinski definition) is 1. The van der Waals surface area contributed by atoms with Gasteiger partial charge in [-0.05, 0) is 37.3 Å². The molecule has 122 valence electrons. The van der Waals surface area contributed by atoms with Gasteiger partial charge >= 0.3 is 5.97 Å². The van der Waals surface area contributed by atoms with Crippen LogP contribution < -0.4 is 5.43 Å². The van der Waals surface area contributed by atoms with E-state index in [0.29, 0.717) is 10.9 Å². The molecule has 0 amide bonds. The van der Waals surface area contributed by atoms with Gasteiger partial charge < -0.3 is 9.72 Å². The Labute approximate surface area is 141 Å². The second kappa shape index (κ2) is 6.45. The highest BCUT2D eigenvalue weighted by atomic mass is 35.5. The minimum absolute atomic E-state index is 0.0356. The molecule has 0 unspecified atom stereocenters. The molecule has 24 heavy (non-hydrogen) atoms. The maximum atomic E-state index is 14.3. The second-order valence-corrected chi connectivity index (χ2v) is 5.53. The first-order chi connectivity index (χ1) is 11.5. The zero-order valence-electron chi connectivity index (χ0n) is 12.7. The van der Waals surface area contributed by atoms with Gasteiger partial charge in [0.2, 0.25) is 5.43 Å². The molecule has 3 aromatic rings. The molecule has 0 fully saturated rings. The third-order valence-electron chi connectivity index (χ3n) is 3.59. The Hall–Kier alpha value is -2.66. The topological polar surface area (TPSA) is 59.2 Å². The van der Waals surface area contributed by atoms with E-state index in [1.165, 1.54) is 18.2 Å². The molecule has 0 atom stereocenters. The molecule has 0 aliphatic carbocycles. The summed E-state index contributed by atoms with van der Waals surface area (Å²) in [5, 5.41) is 0.613. The highest BCUT2D eigenvalue weighted by Crippen LogP contribution is 2.28. The number of pyridine rings is 1. The Morgan fingerprint density at radius 3 is 2.75 bits per heavy atom. The molecular weight excluding hydrogens is 333 g/mol. The minimum atomic E-state index is -0.807. The molecule has 3 rings (SSSR count). The smallest absolute Gasteiger partial charge is 0.344 e. The molecule has 0 spiro atoms. The van der Waals surface area contributed by atoms with Gasteiger partial charge in [0.1, 0.15) is 11.4 Å². The summed E-state index contributed by atoms with van der Waals surface area (Å²) in [6.07, 6.45) is 0. The number of aromatic nitrogens is 1. The number of nitrogens with one attached hydrogen (secondary N) is 1. The van der Waals surface area contributed by atoms with E-state index in [0.717, 1.165) is 0 Å². The molecule has 2 aromatic carbocycles. The molecule has 0 radical (unpaired) electrons. The summed E-state index contributed by atoms with van der Waals surface area (Å²) in [5.41, 5.74) is -0.177. The van der Waals surface area contributed by atoms with Crippen LogP contribution in [0.4, 0.5) is 4.39 Å². The number of para-hydroxylation sites is 1. The summed E-state index contributed by atoms with van der Waals surface area (Å²) >= 11 is 5.94. The first-order valence-electron chi connectivity index (χ1n) is 7.30. The lowest BCUT2D eigenvalue weighted by Gasteiger charge is -2.12. The van der Waals surface area contributed by atoms with Gasteiger partial charge in [0.25, 0.3) is 0 Å². The fraction of sp³-hybridized carbons (Fsp3) is 0.111. The monoisotopic (exact) mass is 345 g/mol. The van der Waals surface area contributed by atoms with Gasteiger partial charge in [0.15, 0.2) is 0 Å². The Morgan fingerprint density at radius 2 is 2.00 bits per heavy atom. The standard InChI is InChI=1S/C18H13ClFNO3/c1-2-24-18(23)15-16(12-9-10(19)7-8-13(12)20)21-14-6-4-3-5-11(14)17(15)22/h3-9H,2H2,1H3,(H,21,22). The summed E-state index contributed by atoms with van der Waals surface area (Å²) in [7, 11) is 0. The predicted molar refractivity (Wildman–Crippen MR) is 90.9 cm³/mol. The average molecular weight is 346 g/mol. The molecule has 1 aromatic heterocycles. The first-order valence-corrected chi connectivity index (χ1v) is 7.68. The van der Waals surface area contributed by atoms with Crippen LogP contribution in [-0.2, 0) is 4.74 Å². The van der Waals surface area contributed by atoms with Gasteiger partial charge in [-0.25, -0.2) is 9.18 Å². The van der Waals surface area contributed by atoms with Crippen LogP contribution in [0.1, 0.15) is 17.3 Å². The molecule has 1 heterocycles. The molecule has 0 saturated carbocycles. The molecular formula is C18H13ClFNO3. The normalized spacial score (nSPS) is 10.8. The first kappa shape index (κ1) is 16.2. The van der Waals surface area contributed by atoms with E-state index < -0.39 is 17.2 Å². The number of esters is 1. The second-order valence-electron chi connectivity index (χ2n) is 5.09. The fourth-order valence-electron chi connectivity index (χ4n) is 2.52. The number of benzene rings is 2. The van der Waals surface area contributed by atoms with E-state index in [1.54, 1.807) is 31.2 Å². The largest absolute Gasteiger partial charge is 0.462 e. The van der Waals surface area contributed by atoms with E-state index in [2.05, 4.69) is 4.98 Å². The number of halogens is 2. The van der Waals surface area contributed by atoms with Crippen LogP contribution in [0.5, 0.6) is 0 Å². The van der Waals surface area contributed by atoms with Crippen molar-refractivity contribution in [2.24, 2.45) is 0 Å². The Balaban J connectivity index is 2.41. The number of ether oxygens (including phenoxy) is 1. The third-order valence-corrected chi connectivity index (χ3v) is 3.82. The summed E-state index contributed by atoms with van der Waals surface area (Å²) in [6, 6.07) is 10.6. The van der Waals surface area contributed by atoms with Gasteiger partial charge in [-0.1, -0.05) is 23.7 Å². The number of carbonyl (C=O) groups excluding carboxylic acids is 1. The Morgan fingerprint density at radius 1 is 1.25 bits per heavy atom. The summed E-state index contributed by atoms with van der Waals surface area (Å²) < 4.78 is 19.3. The van der Waals surface area contributed by atoms with Crippen LogP contribution in [-0.4, -0.2) is 17.6 Å². The third kappa shape index (κ3) is 2.78. The lowest BCUT2D eigenvalue weighted by Crippen LogP contribution is -2.20. The van der Waals surface area contributed by atoms with Crippen molar-refractivity contribution >= 4 is 28.5 Å². The van der Waals surface area contributed by atoms with Gasteiger partial charge in [-0.2, -0.15) is 0 Å². The van der Waals surface area contributed by atoms with Crippen molar-refractivity contribution in [2.75, 3.05) is 6.61 Å². The summed E-state index contributed by atoms with van der Waals surface area (Å²) in [5.74, 6) is -1.41. The van der Waals surface area contributed by atoms with Crippen molar-refractivity contribution in [2.45, 2.75) is 6.92 Å². The Bertz CT molecular complexity index is 997. The molecule has 1 N–H and O–H groups in total. The van der Waals surface area contributed by atoms with Gasteiger partial charge in [0, 0.05) is 21.5 Å². The number of rotatable bonds is 3. The summed E-state index contributed by atoms with van der Waals surface area (Å²) in [4.78, 5) is 28.0. The predicted octanol–water partition coefficient (Wildman–Crippen LogP) is 4.16. The quantitative estimate of drug-likeness (QED) is 0.725. The number of hydrogen-bond acceptors (Lipinski definition) is 3. The van der Waals surface area contributed by atoms with E-state index in [9.17, 15) is 14.0 Å². The molecule has 0 aliphatic heterocycles. The molecule has 4 nitrogen and oxygen atoms in total. The van der Waals surface area contributed by atoms with E-state index in [-0.39, 0.29) is 28.5 Å². The SMILES string of the molecule is CCOC(=O)c1c(-c2cc(Cl)ccc2F)[nH]c2ccccc2c1=O. The summed E-state index contributed by atoms with van der Waals surface area (Å²) in [6.45, 7) is 1.73. The Kier molecular flexibility index (Phi) is 4.36. The minimum Gasteiger partial charge on any atom is -0.462 e. The van der Waals surface area contributed by atoms with Crippen LogP contribution in [0.3, 0.4) is 0 Å². The molecule has 0 aliphatic rings. The van der Waals surface area contributed by atoms with E-state index in [1.807, 2.05) is 0 Å². The van der Waals surface area contributed by atoms with Crippen molar-refractivity contribution < 1.29 is 13.9 Å². The zero-order chi connectivity index (χ0) is 17.3. The highest BCUT2D eigenvalue weighted by molar-refractivity contribution is 6.30. The van der Waals surface area contributed by atoms with E-state index >= 15 is 0 Å². The van der Waals surface area contributed by atoms with Crippen molar-refractivity contribution in [3.05, 3.63) is 69.1 Å². The molecule has 6 heteroatoms. The lowest BCUT2D eigenvalue weighted by atomic mass is 10.0. The molecule has 0 bridgehead atoms.